The van der Waals surface area contributed by atoms with E-state index in [4.69, 9.17) is 4.74 Å². The quantitative estimate of drug-likeness (QED) is 0.628. The monoisotopic (exact) mass is 424 g/mol. The van der Waals surface area contributed by atoms with Crippen molar-refractivity contribution in [3.05, 3.63) is 28.3 Å². The normalized spacial score (nSPS) is 15.4. The van der Waals surface area contributed by atoms with Crippen LogP contribution in [0.5, 0.6) is 0 Å². The smallest absolute Gasteiger partial charge is 0.306 e. The summed E-state index contributed by atoms with van der Waals surface area (Å²) >= 11 is 0. The zero-order valence-corrected chi connectivity index (χ0v) is 18.9. The van der Waals surface area contributed by atoms with E-state index < -0.39 is 10.0 Å². The van der Waals surface area contributed by atoms with Gasteiger partial charge in [0.05, 0.1) is 4.90 Å². The molecule has 0 spiro atoms. The Morgan fingerprint density at radius 2 is 1.55 bits per heavy atom. The summed E-state index contributed by atoms with van der Waals surface area (Å²) in [7, 11) is -3.64. The number of amides is 1. The van der Waals surface area contributed by atoms with Crippen molar-refractivity contribution in [2.45, 2.75) is 58.8 Å². The van der Waals surface area contributed by atoms with Crippen LogP contribution in [-0.4, -0.2) is 62.3 Å². The second-order valence-corrected chi connectivity index (χ2v) is 9.51. The summed E-state index contributed by atoms with van der Waals surface area (Å²) < 4.78 is 33.0. The second-order valence-electron chi connectivity index (χ2n) is 7.64. The van der Waals surface area contributed by atoms with E-state index >= 15 is 0 Å². The molecule has 1 saturated heterocycles. The number of nitrogens with zero attached hydrogens (tertiary/aromatic N) is 2. The van der Waals surface area contributed by atoms with Crippen molar-refractivity contribution in [3.63, 3.8) is 0 Å². The molecule has 0 saturated carbocycles. The standard InChI is InChI=1S/C21H32N2O5S/c1-6-7-8-20(25)28-14-19(24)22-9-11-23(12-10-22)29(26,27)21-17(4)15(2)13-16(3)18(21)5/h13H,6-12,14H2,1-5H3. The highest BCUT2D eigenvalue weighted by atomic mass is 32.2. The Morgan fingerprint density at radius 3 is 2.07 bits per heavy atom. The van der Waals surface area contributed by atoms with Gasteiger partial charge in [0.2, 0.25) is 10.0 Å². The summed E-state index contributed by atoms with van der Waals surface area (Å²) in [6.45, 7) is 10.2. The zero-order chi connectivity index (χ0) is 21.8. The Kier molecular flexibility index (Phi) is 7.82. The molecule has 0 aliphatic carbocycles. The lowest BCUT2D eigenvalue weighted by Gasteiger charge is -2.34. The highest BCUT2D eigenvalue weighted by Gasteiger charge is 2.33. The van der Waals surface area contributed by atoms with Crippen LogP contribution in [0.4, 0.5) is 0 Å². The van der Waals surface area contributed by atoms with Gasteiger partial charge in [0, 0.05) is 32.6 Å². The van der Waals surface area contributed by atoms with Gasteiger partial charge in [-0.25, -0.2) is 8.42 Å². The molecule has 29 heavy (non-hydrogen) atoms. The van der Waals surface area contributed by atoms with Crippen molar-refractivity contribution in [3.8, 4) is 0 Å². The second kappa shape index (κ2) is 9.71. The largest absolute Gasteiger partial charge is 0.456 e. The van der Waals surface area contributed by atoms with Crippen molar-refractivity contribution < 1.29 is 22.7 Å². The van der Waals surface area contributed by atoms with E-state index in [2.05, 4.69) is 0 Å². The first kappa shape index (κ1) is 23.3. The molecule has 0 radical (unpaired) electrons. The van der Waals surface area contributed by atoms with Gasteiger partial charge in [-0.05, 0) is 56.4 Å². The topological polar surface area (TPSA) is 84.0 Å². The fourth-order valence-electron chi connectivity index (χ4n) is 3.50. The Labute approximate surface area is 174 Å². The third kappa shape index (κ3) is 5.36. The Bertz CT molecular complexity index is 845. The number of carbonyl (C=O) groups excluding carboxylic acids is 2. The zero-order valence-electron chi connectivity index (χ0n) is 18.1. The molecule has 2 rings (SSSR count). The van der Waals surface area contributed by atoms with Gasteiger partial charge >= 0.3 is 5.97 Å². The Morgan fingerprint density at radius 1 is 1.00 bits per heavy atom. The van der Waals surface area contributed by atoms with E-state index in [9.17, 15) is 18.0 Å². The fourth-order valence-corrected chi connectivity index (χ4v) is 5.50. The summed E-state index contributed by atoms with van der Waals surface area (Å²) in [6, 6.07) is 2.00. The molecule has 1 fully saturated rings. The molecule has 0 bridgehead atoms. The lowest BCUT2D eigenvalue weighted by Crippen LogP contribution is -2.51. The van der Waals surface area contributed by atoms with Gasteiger partial charge in [0.25, 0.3) is 5.91 Å². The predicted molar refractivity (Wildman–Crippen MR) is 111 cm³/mol. The average molecular weight is 425 g/mol. The summed E-state index contributed by atoms with van der Waals surface area (Å²) in [5.74, 6) is -0.659. The Balaban J connectivity index is 2.02. The summed E-state index contributed by atoms with van der Waals surface area (Å²) in [5, 5.41) is 0. The number of carbonyl (C=O) groups is 2. The molecular weight excluding hydrogens is 392 g/mol. The van der Waals surface area contributed by atoms with Crippen LogP contribution >= 0.6 is 0 Å². The molecule has 1 aliphatic heterocycles. The van der Waals surface area contributed by atoms with Crippen molar-refractivity contribution in [1.29, 1.82) is 0 Å². The van der Waals surface area contributed by atoms with Crippen LogP contribution in [0.2, 0.25) is 0 Å². The van der Waals surface area contributed by atoms with E-state index in [0.29, 0.717) is 11.3 Å². The minimum atomic E-state index is -3.64. The van der Waals surface area contributed by atoms with Gasteiger partial charge in [-0.15, -0.1) is 0 Å². The third-order valence-corrected chi connectivity index (χ3v) is 7.75. The highest BCUT2D eigenvalue weighted by Crippen LogP contribution is 2.29. The maximum Gasteiger partial charge on any atom is 0.306 e. The molecule has 0 aromatic heterocycles. The maximum atomic E-state index is 13.3. The van der Waals surface area contributed by atoms with Crippen molar-refractivity contribution in [2.75, 3.05) is 32.8 Å². The summed E-state index contributed by atoms with van der Waals surface area (Å²) in [6.07, 6.45) is 1.93. The van der Waals surface area contributed by atoms with Gasteiger partial charge in [0.1, 0.15) is 0 Å². The van der Waals surface area contributed by atoms with Gasteiger partial charge in [-0.3, -0.25) is 9.59 Å². The maximum absolute atomic E-state index is 13.3. The molecule has 162 valence electrons. The molecule has 7 nitrogen and oxygen atoms in total. The summed E-state index contributed by atoms with van der Waals surface area (Å²) in [4.78, 5) is 25.8. The molecule has 1 aromatic carbocycles. The molecule has 0 N–H and O–H groups in total. The molecule has 1 aromatic rings. The van der Waals surface area contributed by atoms with Crippen LogP contribution in [-0.2, 0) is 24.3 Å². The number of hydrogen-bond acceptors (Lipinski definition) is 5. The number of sulfonamides is 1. The molecule has 1 aliphatic rings. The van der Waals surface area contributed by atoms with E-state index in [1.807, 2.05) is 40.7 Å². The van der Waals surface area contributed by atoms with Crippen molar-refractivity contribution >= 4 is 21.9 Å². The minimum Gasteiger partial charge on any atom is -0.456 e. The van der Waals surface area contributed by atoms with Gasteiger partial charge in [-0.1, -0.05) is 19.4 Å². The van der Waals surface area contributed by atoms with Crippen LogP contribution < -0.4 is 0 Å². The van der Waals surface area contributed by atoms with Gasteiger partial charge < -0.3 is 9.64 Å². The summed E-state index contributed by atoms with van der Waals surface area (Å²) in [5.41, 5.74) is 3.44. The highest BCUT2D eigenvalue weighted by molar-refractivity contribution is 7.89. The fraction of sp³-hybridized carbons (Fsp3) is 0.619. The van der Waals surface area contributed by atoms with E-state index in [0.717, 1.165) is 35.1 Å². The molecule has 0 atom stereocenters. The Hall–Kier alpha value is -1.93. The lowest BCUT2D eigenvalue weighted by molar-refractivity contribution is -0.152. The number of esters is 1. The van der Waals surface area contributed by atoms with Gasteiger partial charge in [0.15, 0.2) is 6.61 Å². The molecule has 0 unspecified atom stereocenters. The lowest BCUT2D eigenvalue weighted by atomic mass is 10.0. The SMILES string of the molecule is CCCCC(=O)OCC(=O)N1CCN(S(=O)(=O)c2c(C)c(C)cc(C)c2C)CC1. The van der Waals surface area contributed by atoms with Crippen LogP contribution in [0.1, 0.15) is 48.4 Å². The third-order valence-electron chi connectivity index (χ3n) is 5.58. The van der Waals surface area contributed by atoms with Crippen LogP contribution in [0.25, 0.3) is 0 Å². The minimum absolute atomic E-state index is 0.226. The first-order valence-electron chi connectivity index (χ1n) is 10.1. The predicted octanol–water partition coefficient (Wildman–Crippen LogP) is 2.49. The van der Waals surface area contributed by atoms with Gasteiger partial charge in [-0.2, -0.15) is 4.31 Å². The van der Waals surface area contributed by atoms with Crippen molar-refractivity contribution in [2.24, 2.45) is 0 Å². The average Bonchev–Trinajstić information content (AvgIpc) is 2.69. The number of aryl methyl sites for hydroxylation is 2. The molecule has 1 heterocycles. The van der Waals surface area contributed by atoms with Crippen molar-refractivity contribution in [1.82, 2.24) is 9.21 Å². The molecule has 1 amide bonds. The van der Waals surface area contributed by atoms with E-state index in [1.54, 1.807) is 4.90 Å². The van der Waals surface area contributed by atoms with Crippen LogP contribution in [0.3, 0.4) is 0 Å². The number of rotatable bonds is 7. The number of piperazine rings is 1. The number of hydrogen-bond donors (Lipinski definition) is 0. The number of benzene rings is 1. The number of unbranched alkanes of at least 4 members (excludes halogenated alkanes) is 1. The molecular formula is C21H32N2O5S. The first-order valence-corrected chi connectivity index (χ1v) is 11.5. The molecule has 8 heteroatoms. The van der Waals surface area contributed by atoms with E-state index in [1.165, 1.54) is 4.31 Å². The van der Waals surface area contributed by atoms with Crippen LogP contribution in [0, 0.1) is 27.7 Å². The van der Waals surface area contributed by atoms with E-state index in [-0.39, 0.29) is 44.7 Å². The number of ether oxygens (including phenoxy) is 1. The first-order chi connectivity index (χ1) is 13.6. The van der Waals surface area contributed by atoms with Crippen LogP contribution in [0.15, 0.2) is 11.0 Å².